The predicted octanol–water partition coefficient (Wildman–Crippen LogP) is 3.04. The van der Waals surface area contributed by atoms with Gasteiger partial charge in [0.2, 0.25) is 5.91 Å². The Kier molecular flexibility index (Phi) is 3.67. The number of thiophene rings is 1. The molecule has 116 valence electrons. The maximum atomic E-state index is 12.3. The van der Waals surface area contributed by atoms with Crippen LogP contribution in [0.2, 0.25) is 0 Å². The Hall–Kier alpha value is -1.73. The third-order valence-electron chi connectivity index (χ3n) is 4.09. The van der Waals surface area contributed by atoms with Gasteiger partial charge >= 0.3 is 0 Å². The minimum Gasteiger partial charge on any atom is -0.381 e. The highest BCUT2D eigenvalue weighted by atomic mass is 32.1. The zero-order chi connectivity index (χ0) is 14.9. The number of nitrogens with one attached hydrogen (secondary N) is 1. The first-order chi connectivity index (χ1) is 10.8. The van der Waals surface area contributed by atoms with Gasteiger partial charge in [-0.1, -0.05) is 5.16 Å². The van der Waals surface area contributed by atoms with Crippen molar-refractivity contribution < 1.29 is 14.1 Å². The van der Waals surface area contributed by atoms with Crippen molar-refractivity contribution in [2.75, 3.05) is 18.5 Å². The van der Waals surface area contributed by atoms with Crippen LogP contribution in [0.4, 0.5) is 5.69 Å². The smallest absolute Gasteiger partial charge is 0.270 e. The Morgan fingerprint density at radius 3 is 2.86 bits per heavy atom. The van der Waals surface area contributed by atoms with E-state index >= 15 is 0 Å². The van der Waals surface area contributed by atoms with Gasteiger partial charge in [-0.15, -0.1) is 11.3 Å². The van der Waals surface area contributed by atoms with E-state index in [0.717, 1.165) is 42.1 Å². The molecule has 1 saturated heterocycles. The van der Waals surface area contributed by atoms with Crippen molar-refractivity contribution in [2.45, 2.75) is 31.6 Å². The molecule has 1 saturated carbocycles. The molecule has 0 bridgehead atoms. The van der Waals surface area contributed by atoms with Gasteiger partial charge in [0.05, 0.1) is 5.69 Å². The molecule has 3 heterocycles. The minimum absolute atomic E-state index is 0.0196. The summed E-state index contributed by atoms with van der Waals surface area (Å²) in [5.41, 5.74) is 0.757. The molecular formula is C15H17N3O3S. The van der Waals surface area contributed by atoms with Crippen LogP contribution in [-0.4, -0.2) is 29.3 Å². The number of rotatable bonds is 4. The first-order valence-corrected chi connectivity index (χ1v) is 8.49. The maximum absolute atomic E-state index is 12.3. The van der Waals surface area contributed by atoms with Crippen molar-refractivity contribution in [2.24, 2.45) is 5.92 Å². The van der Waals surface area contributed by atoms with Crippen LogP contribution >= 0.6 is 11.3 Å². The summed E-state index contributed by atoms with van der Waals surface area (Å²) in [7, 11) is 0. The van der Waals surface area contributed by atoms with Crippen LogP contribution < -0.4 is 5.32 Å². The summed E-state index contributed by atoms with van der Waals surface area (Å²) >= 11 is 1.50. The second-order valence-electron chi connectivity index (χ2n) is 5.77. The van der Waals surface area contributed by atoms with Gasteiger partial charge in [-0.3, -0.25) is 4.79 Å². The molecule has 0 aromatic carbocycles. The average molecular weight is 319 g/mol. The van der Waals surface area contributed by atoms with Crippen LogP contribution in [0.5, 0.6) is 0 Å². The molecular weight excluding hydrogens is 302 g/mol. The Morgan fingerprint density at radius 1 is 1.27 bits per heavy atom. The largest absolute Gasteiger partial charge is 0.381 e. The monoisotopic (exact) mass is 319 g/mol. The number of aromatic nitrogens is 2. The van der Waals surface area contributed by atoms with Gasteiger partial charge in [-0.05, 0) is 37.1 Å². The molecule has 22 heavy (non-hydrogen) atoms. The second-order valence-corrected chi connectivity index (χ2v) is 6.69. The molecule has 0 spiro atoms. The van der Waals surface area contributed by atoms with Crippen LogP contribution in [0.3, 0.4) is 0 Å². The number of hydrogen-bond acceptors (Lipinski definition) is 6. The van der Waals surface area contributed by atoms with E-state index in [0.29, 0.717) is 25.0 Å². The van der Waals surface area contributed by atoms with Gasteiger partial charge in [-0.2, -0.15) is 4.98 Å². The number of anilines is 1. The number of amides is 1. The van der Waals surface area contributed by atoms with Gasteiger partial charge in [0.15, 0.2) is 5.82 Å². The van der Waals surface area contributed by atoms with Crippen LogP contribution in [0.15, 0.2) is 16.0 Å². The maximum Gasteiger partial charge on any atom is 0.270 e. The highest BCUT2D eigenvalue weighted by molar-refractivity contribution is 7.14. The molecule has 1 N–H and O–H groups in total. The number of hydrogen-bond donors (Lipinski definition) is 1. The fourth-order valence-corrected chi connectivity index (χ4v) is 3.37. The summed E-state index contributed by atoms with van der Waals surface area (Å²) in [5.74, 6) is 1.80. The molecule has 2 aromatic rings. The molecule has 2 aliphatic rings. The van der Waals surface area contributed by atoms with Gasteiger partial charge in [0, 0.05) is 25.0 Å². The molecule has 1 amide bonds. The van der Waals surface area contributed by atoms with Crippen LogP contribution in [0.1, 0.15) is 37.4 Å². The van der Waals surface area contributed by atoms with Crippen molar-refractivity contribution in [1.29, 1.82) is 0 Å². The normalized spacial score (nSPS) is 19.3. The van der Waals surface area contributed by atoms with E-state index in [1.807, 2.05) is 11.4 Å². The van der Waals surface area contributed by atoms with Crippen molar-refractivity contribution in [3.05, 3.63) is 17.3 Å². The highest BCUT2D eigenvalue weighted by Gasteiger charge is 2.30. The zero-order valence-corrected chi connectivity index (χ0v) is 12.9. The third-order valence-corrected chi connectivity index (χ3v) is 5.00. The van der Waals surface area contributed by atoms with E-state index in [9.17, 15) is 4.79 Å². The number of carbonyl (C=O) groups is 1. The Morgan fingerprint density at radius 2 is 2.09 bits per heavy atom. The molecule has 0 unspecified atom stereocenters. The van der Waals surface area contributed by atoms with Crippen LogP contribution in [0, 0.1) is 5.92 Å². The van der Waals surface area contributed by atoms with Crippen LogP contribution in [0.25, 0.3) is 10.8 Å². The second kappa shape index (κ2) is 5.81. The van der Waals surface area contributed by atoms with E-state index < -0.39 is 0 Å². The zero-order valence-electron chi connectivity index (χ0n) is 12.1. The van der Waals surface area contributed by atoms with Gasteiger partial charge in [-0.25, -0.2) is 0 Å². The molecule has 6 nitrogen and oxygen atoms in total. The van der Waals surface area contributed by atoms with E-state index in [-0.39, 0.29) is 11.8 Å². The molecule has 1 aliphatic carbocycles. The fourth-order valence-electron chi connectivity index (χ4n) is 2.60. The summed E-state index contributed by atoms with van der Waals surface area (Å²) in [6.45, 7) is 1.31. The van der Waals surface area contributed by atoms with Gasteiger partial charge in [0.25, 0.3) is 5.89 Å². The molecule has 0 radical (unpaired) electrons. The quantitative estimate of drug-likeness (QED) is 0.937. The molecule has 2 aromatic heterocycles. The standard InChI is InChI=1S/C15H17N3O3S/c19-14(10-3-6-20-7-4-10)16-11-5-8-22-12(11)15-17-13(18-21-15)9-1-2-9/h5,8-10H,1-4,6-7H2,(H,16,19). The lowest BCUT2D eigenvalue weighted by Gasteiger charge is -2.21. The van der Waals surface area contributed by atoms with E-state index in [2.05, 4.69) is 15.5 Å². The summed E-state index contributed by atoms with van der Waals surface area (Å²) in [6, 6.07) is 1.89. The number of ether oxygens (including phenoxy) is 1. The SMILES string of the molecule is O=C(Nc1ccsc1-c1nc(C2CC2)no1)C1CCOCC1. The van der Waals surface area contributed by atoms with E-state index in [1.54, 1.807) is 0 Å². The summed E-state index contributed by atoms with van der Waals surface area (Å²) in [4.78, 5) is 17.6. The van der Waals surface area contributed by atoms with E-state index in [1.165, 1.54) is 11.3 Å². The average Bonchev–Trinajstić information content (AvgIpc) is 3.10. The molecule has 7 heteroatoms. The Bertz CT molecular complexity index is 671. The van der Waals surface area contributed by atoms with Crippen molar-refractivity contribution >= 4 is 22.9 Å². The summed E-state index contributed by atoms with van der Waals surface area (Å²) < 4.78 is 10.7. The lowest BCUT2D eigenvalue weighted by Crippen LogP contribution is -2.28. The van der Waals surface area contributed by atoms with Gasteiger partial charge < -0.3 is 14.6 Å². The highest BCUT2D eigenvalue weighted by Crippen LogP contribution is 2.40. The molecule has 0 atom stereocenters. The molecule has 2 fully saturated rings. The predicted molar refractivity (Wildman–Crippen MR) is 81.8 cm³/mol. The fraction of sp³-hybridized carbons (Fsp3) is 0.533. The summed E-state index contributed by atoms with van der Waals surface area (Å²) in [5, 5.41) is 8.96. The third kappa shape index (κ3) is 2.78. The lowest BCUT2D eigenvalue weighted by atomic mass is 9.99. The first kappa shape index (κ1) is 13.9. The minimum atomic E-state index is 0.0196. The Labute approximate surface area is 131 Å². The van der Waals surface area contributed by atoms with Crippen molar-refractivity contribution in [3.8, 4) is 10.8 Å². The van der Waals surface area contributed by atoms with Crippen LogP contribution in [-0.2, 0) is 9.53 Å². The topological polar surface area (TPSA) is 77.3 Å². The lowest BCUT2D eigenvalue weighted by molar-refractivity contribution is -0.122. The number of nitrogens with zero attached hydrogens (tertiary/aromatic N) is 2. The van der Waals surface area contributed by atoms with Gasteiger partial charge in [0.1, 0.15) is 4.88 Å². The molecule has 4 rings (SSSR count). The van der Waals surface area contributed by atoms with Crippen molar-refractivity contribution in [1.82, 2.24) is 10.1 Å². The Balaban J connectivity index is 1.50. The molecule has 1 aliphatic heterocycles. The first-order valence-electron chi connectivity index (χ1n) is 7.61. The summed E-state index contributed by atoms with van der Waals surface area (Å²) in [6.07, 6.45) is 3.82. The van der Waals surface area contributed by atoms with Crippen molar-refractivity contribution in [3.63, 3.8) is 0 Å². The van der Waals surface area contributed by atoms with E-state index in [4.69, 9.17) is 9.26 Å². The number of carbonyl (C=O) groups excluding carboxylic acids is 1.